The second-order valence-corrected chi connectivity index (χ2v) is 7.46. The van der Waals surface area contributed by atoms with Gasteiger partial charge in [0.05, 0.1) is 5.41 Å². The number of hydroxylamine groups is 1. The molecule has 6 nitrogen and oxygen atoms in total. The lowest BCUT2D eigenvalue weighted by Gasteiger charge is -2.36. The number of carbonyl (C=O) groups is 2. The summed E-state index contributed by atoms with van der Waals surface area (Å²) in [5.74, 6) is -0.436. The lowest BCUT2D eigenvalue weighted by Crippen LogP contribution is -2.54. The van der Waals surface area contributed by atoms with Gasteiger partial charge in [-0.3, -0.25) is 14.8 Å². The van der Waals surface area contributed by atoms with Crippen molar-refractivity contribution < 1.29 is 14.8 Å². The molecule has 3 rings (SSSR count). The standard InChI is InChI=1S/C19H27N3O3/c1-13-3-5-15(6-4-13)19(2)9-12-22(18(19)24)16(17(23)21-25)14-7-10-20-11-8-14/h3-6,14,16,20,25H,7-12H2,1-2H3,(H,21,23)/t16-,19?/m1/s1. The zero-order valence-corrected chi connectivity index (χ0v) is 14.9. The first-order valence-corrected chi connectivity index (χ1v) is 9.00. The number of carbonyl (C=O) groups excluding carboxylic acids is 2. The van der Waals surface area contributed by atoms with Crippen molar-refractivity contribution in [2.45, 2.75) is 44.6 Å². The second-order valence-electron chi connectivity index (χ2n) is 7.46. The number of piperidine rings is 1. The van der Waals surface area contributed by atoms with Crippen LogP contribution in [0, 0.1) is 12.8 Å². The third kappa shape index (κ3) is 3.28. The summed E-state index contributed by atoms with van der Waals surface area (Å²) < 4.78 is 0. The van der Waals surface area contributed by atoms with Crippen molar-refractivity contribution in [3.05, 3.63) is 35.4 Å². The van der Waals surface area contributed by atoms with Gasteiger partial charge in [-0.2, -0.15) is 0 Å². The number of hydrogen-bond acceptors (Lipinski definition) is 4. The molecule has 0 aliphatic carbocycles. The summed E-state index contributed by atoms with van der Waals surface area (Å²) in [6.07, 6.45) is 2.32. The first-order valence-electron chi connectivity index (χ1n) is 9.00. The van der Waals surface area contributed by atoms with Gasteiger partial charge in [0.2, 0.25) is 5.91 Å². The number of rotatable bonds is 4. The molecular formula is C19H27N3O3. The quantitative estimate of drug-likeness (QED) is 0.568. The Balaban J connectivity index is 1.87. The maximum Gasteiger partial charge on any atom is 0.266 e. The largest absolute Gasteiger partial charge is 0.329 e. The number of nitrogens with one attached hydrogen (secondary N) is 2. The van der Waals surface area contributed by atoms with Crippen LogP contribution in [0.1, 0.15) is 37.3 Å². The highest BCUT2D eigenvalue weighted by Gasteiger charge is 2.49. The molecule has 3 N–H and O–H groups in total. The zero-order chi connectivity index (χ0) is 18.0. The molecule has 0 saturated carbocycles. The molecular weight excluding hydrogens is 318 g/mol. The first kappa shape index (κ1) is 17.9. The number of hydrogen-bond donors (Lipinski definition) is 3. The van der Waals surface area contributed by atoms with Crippen molar-refractivity contribution in [3.8, 4) is 0 Å². The van der Waals surface area contributed by atoms with E-state index in [0.717, 1.165) is 37.1 Å². The topological polar surface area (TPSA) is 81.7 Å². The van der Waals surface area contributed by atoms with Crippen LogP contribution >= 0.6 is 0 Å². The Hall–Kier alpha value is -1.92. The van der Waals surface area contributed by atoms with E-state index in [2.05, 4.69) is 5.32 Å². The lowest BCUT2D eigenvalue weighted by atomic mass is 9.80. The smallest absolute Gasteiger partial charge is 0.266 e. The second kappa shape index (κ2) is 7.14. The Bertz CT molecular complexity index is 640. The van der Waals surface area contributed by atoms with Crippen LogP contribution in [0.25, 0.3) is 0 Å². The molecule has 1 aromatic rings. The van der Waals surface area contributed by atoms with E-state index in [9.17, 15) is 14.8 Å². The van der Waals surface area contributed by atoms with Crippen LogP contribution in [0.15, 0.2) is 24.3 Å². The van der Waals surface area contributed by atoms with Gasteiger partial charge in [-0.25, -0.2) is 5.48 Å². The maximum absolute atomic E-state index is 13.3. The van der Waals surface area contributed by atoms with Gasteiger partial charge in [-0.05, 0) is 57.7 Å². The van der Waals surface area contributed by atoms with Gasteiger partial charge in [0.25, 0.3) is 5.91 Å². The predicted molar refractivity (Wildman–Crippen MR) is 94.2 cm³/mol. The van der Waals surface area contributed by atoms with Gasteiger partial charge < -0.3 is 10.2 Å². The highest BCUT2D eigenvalue weighted by atomic mass is 16.5. The normalized spacial score (nSPS) is 25.9. The molecule has 0 radical (unpaired) electrons. The minimum absolute atomic E-state index is 0.0246. The summed E-state index contributed by atoms with van der Waals surface area (Å²) in [6, 6.07) is 7.43. The van der Waals surface area contributed by atoms with E-state index in [4.69, 9.17) is 0 Å². The van der Waals surface area contributed by atoms with E-state index in [1.165, 1.54) is 0 Å². The molecule has 0 bridgehead atoms. The molecule has 136 valence electrons. The Morgan fingerprint density at radius 1 is 1.32 bits per heavy atom. The van der Waals surface area contributed by atoms with E-state index in [0.29, 0.717) is 13.0 Å². The minimum atomic E-state index is -0.616. The highest BCUT2D eigenvalue weighted by molar-refractivity contribution is 5.94. The third-order valence-electron chi connectivity index (χ3n) is 5.82. The SMILES string of the molecule is Cc1ccc(C2(C)CCN([C@@H](C(=O)NO)C3CCNCC3)C2=O)cc1. The van der Waals surface area contributed by atoms with E-state index in [1.807, 2.05) is 38.1 Å². The molecule has 1 unspecified atom stereocenters. The van der Waals surface area contributed by atoms with Crippen molar-refractivity contribution in [2.75, 3.05) is 19.6 Å². The van der Waals surface area contributed by atoms with Crippen LogP contribution in [0.5, 0.6) is 0 Å². The average molecular weight is 345 g/mol. The van der Waals surface area contributed by atoms with E-state index in [-0.39, 0.29) is 11.8 Å². The number of benzene rings is 1. The van der Waals surface area contributed by atoms with Crippen LogP contribution in [-0.2, 0) is 15.0 Å². The fourth-order valence-corrected chi connectivity index (χ4v) is 4.16. The van der Waals surface area contributed by atoms with Crippen LogP contribution in [0.2, 0.25) is 0 Å². The molecule has 2 saturated heterocycles. The summed E-state index contributed by atoms with van der Waals surface area (Å²) >= 11 is 0. The number of nitrogens with zero attached hydrogens (tertiary/aromatic N) is 1. The maximum atomic E-state index is 13.3. The van der Waals surface area contributed by atoms with Crippen molar-refractivity contribution >= 4 is 11.8 Å². The molecule has 2 fully saturated rings. The van der Waals surface area contributed by atoms with Crippen molar-refractivity contribution in [1.82, 2.24) is 15.7 Å². The molecule has 0 aromatic heterocycles. The van der Waals surface area contributed by atoms with Crippen LogP contribution in [0.4, 0.5) is 0 Å². The molecule has 2 aliphatic rings. The molecule has 1 aromatic carbocycles. The lowest BCUT2D eigenvalue weighted by molar-refractivity contribution is -0.146. The molecule has 6 heteroatoms. The molecule has 25 heavy (non-hydrogen) atoms. The van der Waals surface area contributed by atoms with Gasteiger partial charge in [-0.15, -0.1) is 0 Å². The Labute approximate surface area is 148 Å². The summed E-state index contributed by atoms with van der Waals surface area (Å²) in [6.45, 7) is 6.17. The van der Waals surface area contributed by atoms with Gasteiger partial charge in [0.1, 0.15) is 6.04 Å². The summed E-state index contributed by atoms with van der Waals surface area (Å²) in [5.41, 5.74) is 3.30. The predicted octanol–water partition coefficient (Wildman–Crippen LogP) is 1.36. The molecule has 2 heterocycles. The first-order chi connectivity index (χ1) is 12.0. The van der Waals surface area contributed by atoms with Gasteiger partial charge >= 0.3 is 0 Å². The van der Waals surface area contributed by atoms with Crippen LogP contribution in [0.3, 0.4) is 0 Å². The summed E-state index contributed by atoms with van der Waals surface area (Å²) in [7, 11) is 0. The number of amides is 2. The Morgan fingerprint density at radius 3 is 2.56 bits per heavy atom. The highest BCUT2D eigenvalue weighted by Crippen LogP contribution is 2.38. The van der Waals surface area contributed by atoms with Crippen LogP contribution in [-0.4, -0.2) is 47.6 Å². The number of likely N-dealkylation sites (tertiary alicyclic amines) is 1. The number of aryl methyl sites for hydroxylation is 1. The van der Waals surface area contributed by atoms with Gasteiger partial charge in [-0.1, -0.05) is 29.8 Å². The molecule has 2 atom stereocenters. The van der Waals surface area contributed by atoms with Crippen molar-refractivity contribution in [3.63, 3.8) is 0 Å². The Kier molecular flexibility index (Phi) is 5.11. The van der Waals surface area contributed by atoms with Gasteiger partial charge in [0.15, 0.2) is 0 Å². The summed E-state index contributed by atoms with van der Waals surface area (Å²) in [4.78, 5) is 27.3. The van der Waals surface area contributed by atoms with Crippen molar-refractivity contribution in [2.24, 2.45) is 5.92 Å². The molecule has 2 amide bonds. The molecule has 2 aliphatic heterocycles. The van der Waals surface area contributed by atoms with Gasteiger partial charge in [0, 0.05) is 6.54 Å². The van der Waals surface area contributed by atoms with E-state index in [1.54, 1.807) is 10.4 Å². The fraction of sp³-hybridized carbons (Fsp3) is 0.579. The minimum Gasteiger partial charge on any atom is -0.329 e. The zero-order valence-electron chi connectivity index (χ0n) is 14.9. The van der Waals surface area contributed by atoms with Crippen molar-refractivity contribution in [1.29, 1.82) is 0 Å². The summed E-state index contributed by atoms with van der Waals surface area (Å²) in [5, 5.41) is 12.5. The third-order valence-corrected chi connectivity index (χ3v) is 5.82. The Morgan fingerprint density at radius 2 is 1.96 bits per heavy atom. The van der Waals surface area contributed by atoms with E-state index >= 15 is 0 Å². The molecule has 0 spiro atoms. The van der Waals surface area contributed by atoms with Crippen LogP contribution < -0.4 is 10.8 Å². The monoisotopic (exact) mass is 345 g/mol. The average Bonchev–Trinajstić information content (AvgIpc) is 2.93. The fourth-order valence-electron chi connectivity index (χ4n) is 4.16. The van der Waals surface area contributed by atoms with E-state index < -0.39 is 17.4 Å².